The van der Waals surface area contributed by atoms with Gasteiger partial charge < -0.3 is 20.1 Å². The molecule has 0 bridgehead atoms. The monoisotopic (exact) mass is 452 g/mol. The van der Waals surface area contributed by atoms with Crippen molar-refractivity contribution in [2.45, 2.75) is 19.0 Å². The van der Waals surface area contributed by atoms with Crippen LogP contribution < -0.4 is 21.3 Å². The van der Waals surface area contributed by atoms with E-state index in [-0.39, 0.29) is 18.0 Å². The normalized spacial score (nSPS) is 15.6. The molecule has 2 aromatic carbocycles. The third kappa shape index (κ3) is 3.37. The highest BCUT2D eigenvalue weighted by atomic mass is 35.5. The number of methoxy groups -OCH3 is 1. The van der Waals surface area contributed by atoms with Crippen molar-refractivity contribution in [3.05, 3.63) is 90.7 Å². The Morgan fingerprint density at radius 2 is 1.94 bits per heavy atom. The molecule has 1 aliphatic rings. The standard InChI is InChI=1S/C23H21ClN4O4/c1-32-14-5-2-12(3-6-14)11-28-22(30)18(21(29)27-23(28)31)20-19-15(8-9-25-20)16-10-13(24)4-7-17(16)26-19/h2-7,10,20,25-26,30H,8-9,11H2,1H3,(H,27,29,31)/t20-/m1/s1. The fourth-order valence-corrected chi connectivity index (χ4v) is 4.51. The van der Waals surface area contributed by atoms with Gasteiger partial charge in [-0.25, -0.2) is 4.79 Å². The molecule has 0 spiro atoms. The number of H-pyrrole nitrogens is 2. The van der Waals surface area contributed by atoms with Crippen molar-refractivity contribution in [1.29, 1.82) is 0 Å². The minimum absolute atomic E-state index is 0.0942. The predicted octanol–water partition coefficient (Wildman–Crippen LogP) is 2.67. The molecule has 9 heteroatoms. The summed E-state index contributed by atoms with van der Waals surface area (Å²) in [5.41, 5.74) is 2.29. The number of aromatic amines is 2. The van der Waals surface area contributed by atoms with Crippen LogP contribution in [0.1, 0.15) is 28.4 Å². The summed E-state index contributed by atoms with van der Waals surface area (Å²) in [5, 5.41) is 16.0. The van der Waals surface area contributed by atoms with Crippen LogP contribution in [0, 0.1) is 0 Å². The fraction of sp³-hybridized carbons (Fsp3) is 0.217. The molecule has 0 saturated carbocycles. The van der Waals surface area contributed by atoms with Gasteiger partial charge in [0.2, 0.25) is 5.88 Å². The van der Waals surface area contributed by atoms with Crippen molar-refractivity contribution < 1.29 is 9.84 Å². The summed E-state index contributed by atoms with van der Waals surface area (Å²) in [6.45, 7) is 0.702. The van der Waals surface area contributed by atoms with E-state index in [1.54, 1.807) is 37.4 Å². The fourth-order valence-electron chi connectivity index (χ4n) is 4.34. The third-order valence-corrected chi connectivity index (χ3v) is 6.14. The molecule has 8 nitrogen and oxygen atoms in total. The molecular formula is C23H21ClN4O4. The van der Waals surface area contributed by atoms with E-state index in [0.717, 1.165) is 38.7 Å². The van der Waals surface area contributed by atoms with Crippen LogP contribution in [-0.4, -0.2) is 33.3 Å². The Hall–Kier alpha value is -3.49. The maximum Gasteiger partial charge on any atom is 0.331 e. The highest BCUT2D eigenvalue weighted by molar-refractivity contribution is 6.31. The largest absolute Gasteiger partial charge is 0.497 e. The number of aromatic nitrogens is 3. The molecule has 1 atom stereocenters. The number of ether oxygens (including phenoxy) is 1. The van der Waals surface area contributed by atoms with Crippen molar-refractivity contribution in [3.63, 3.8) is 0 Å². The maximum absolute atomic E-state index is 12.8. The van der Waals surface area contributed by atoms with Gasteiger partial charge in [-0.15, -0.1) is 0 Å². The molecule has 0 saturated heterocycles. The van der Waals surface area contributed by atoms with E-state index < -0.39 is 17.3 Å². The van der Waals surface area contributed by atoms with Gasteiger partial charge in [-0.05, 0) is 47.9 Å². The summed E-state index contributed by atoms with van der Waals surface area (Å²) >= 11 is 6.19. The number of nitrogens with one attached hydrogen (secondary N) is 3. The molecule has 0 amide bonds. The van der Waals surface area contributed by atoms with E-state index in [1.165, 1.54) is 0 Å². The smallest absolute Gasteiger partial charge is 0.331 e. The Bertz CT molecular complexity index is 1440. The molecule has 4 N–H and O–H groups in total. The first-order valence-electron chi connectivity index (χ1n) is 10.2. The number of nitrogens with zero attached hydrogens (tertiary/aromatic N) is 1. The first-order chi connectivity index (χ1) is 15.5. The molecule has 0 radical (unpaired) electrons. The first-order valence-corrected chi connectivity index (χ1v) is 10.6. The van der Waals surface area contributed by atoms with Crippen LogP contribution in [0.25, 0.3) is 10.9 Å². The minimum atomic E-state index is -0.675. The number of benzene rings is 2. The van der Waals surface area contributed by atoms with Gasteiger partial charge in [0, 0.05) is 28.2 Å². The molecule has 2 aromatic heterocycles. The van der Waals surface area contributed by atoms with Crippen LogP contribution in [0.15, 0.2) is 52.1 Å². The highest BCUT2D eigenvalue weighted by Gasteiger charge is 2.31. The minimum Gasteiger partial charge on any atom is -0.497 e. The lowest BCUT2D eigenvalue weighted by Crippen LogP contribution is -2.39. The highest BCUT2D eigenvalue weighted by Crippen LogP contribution is 2.35. The lowest BCUT2D eigenvalue weighted by Gasteiger charge is -2.25. The first kappa shape index (κ1) is 20.4. The van der Waals surface area contributed by atoms with E-state index in [4.69, 9.17) is 16.3 Å². The average Bonchev–Trinajstić information content (AvgIpc) is 3.15. The molecule has 5 rings (SSSR count). The number of hydrogen-bond acceptors (Lipinski definition) is 5. The average molecular weight is 453 g/mol. The summed E-state index contributed by atoms with van der Waals surface area (Å²) in [7, 11) is 1.57. The summed E-state index contributed by atoms with van der Waals surface area (Å²) in [6.07, 6.45) is 0.746. The zero-order chi connectivity index (χ0) is 22.4. The molecule has 1 aliphatic heterocycles. The zero-order valence-electron chi connectivity index (χ0n) is 17.2. The molecule has 0 aliphatic carbocycles. The molecule has 164 valence electrons. The van der Waals surface area contributed by atoms with E-state index in [9.17, 15) is 14.7 Å². The maximum atomic E-state index is 12.8. The SMILES string of the molecule is COc1ccc(Cn2c(O)c([C@H]3NCCc4c3[nH]c3ccc(Cl)cc43)c(=O)[nH]c2=O)cc1. The van der Waals surface area contributed by atoms with E-state index in [0.29, 0.717) is 17.3 Å². The number of hydrogen-bond donors (Lipinski definition) is 4. The van der Waals surface area contributed by atoms with Crippen molar-refractivity contribution in [1.82, 2.24) is 19.9 Å². The van der Waals surface area contributed by atoms with Crippen LogP contribution in [0.3, 0.4) is 0 Å². The van der Waals surface area contributed by atoms with Crippen LogP contribution >= 0.6 is 11.6 Å². The van der Waals surface area contributed by atoms with Crippen LogP contribution in [-0.2, 0) is 13.0 Å². The second-order valence-electron chi connectivity index (χ2n) is 7.78. The molecule has 3 heterocycles. The van der Waals surface area contributed by atoms with Gasteiger partial charge in [-0.3, -0.25) is 14.3 Å². The van der Waals surface area contributed by atoms with Gasteiger partial charge in [0.15, 0.2) is 0 Å². The Morgan fingerprint density at radius 3 is 2.69 bits per heavy atom. The van der Waals surface area contributed by atoms with E-state index >= 15 is 0 Å². The lowest BCUT2D eigenvalue weighted by molar-refractivity contribution is 0.390. The van der Waals surface area contributed by atoms with Gasteiger partial charge >= 0.3 is 5.69 Å². The summed E-state index contributed by atoms with van der Waals surface area (Å²) in [4.78, 5) is 31.0. The Kier molecular flexibility index (Phi) is 5.03. The topological polar surface area (TPSA) is 112 Å². The van der Waals surface area contributed by atoms with Crippen LogP contribution in [0.4, 0.5) is 0 Å². The van der Waals surface area contributed by atoms with Gasteiger partial charge in [-0.2, -0.15) is 0 Å². The van der Waals surface area contributed by atoms with Crippen molar-refractivity contribution in [2.75, 3.05) is 13.7 Å². The second-order valence-corrected chi connectivity index (χ2v) is 8.21. The van der Waals surface area contributed by atoms with Gasteiger partial charge in [0.1, 0.15) is 11.3 Å². The summed E-state index contributed by atoms with van der Waals surface area (Å²) in [5.74, 6) is 0.321. The molecule has 0 fully saturated rings. The Labute approximate surface area is 187 Å². The Balaban J connectivity index is 1.62. The molecule has 0 unspecified atom stereocenters. The second kappa shape index (κ2) is 7.89. The van der Waals surface area contributed by atoms with Crippen molar-refractivity contribution in [3.8, 4) is 11.6 Å². The van der Waals surface area contributed by atoms with Gasteiger partial charge in [0.25, 0.3) is 5.56 Å². The summed E-state index contributed by atoms with van der Waals surface area (Å²) in [6, 6.07) is 12.1. The molecule has 32 heavy (non-hydrogen) atoms. The lowest BCUT2D eigenvalue weighted by atomic mass is 9.95. The number of rotatable bonds is 4. The third-order valence-electron chi connectivity index (χ3n) is 5.91. The Morgan fingerprint density at radius 1 is 1.16 bits per heavy atom. The molecule has 4 aromatic rings. The van der Waals surface area contributed by atoms with Gasteiger partial charge in [-0.1, -0.05) is 23.7 Å². The van der Waals surface area contributed by atoms with Crippen molar-refractivity contribution >= 4 is 22.5 Å². The van der Waals surface area contributed by atoms with Crippen LogP contribution in [0.5, 0.6) is 11.6 Å². The zero-order valence-corrected chi connectivity index (χ0v) is 18.0. The quantitative estimate of drug-likeness (QED) is 0.380. The number of fused-ring (bicyclic) bond motifs is 3. The predicted molar refractivity (Wildman–Crippen MR) is 122 cm³/mol. The van der Waals surface area contributed by atoms with Crippen molar-refractivity contribution in [2.24, 2.45) is 0 Å². The molecular weight excluding hydrogens is 432 g/mol. The number of halogens is 1. The van der Waals surface area contributed by atoms with Crippen LogP contribution in [0.2, 0.25) is 5.02 Å². The number of aromatic hydroxyl groups is 1. The van der Waals surface area contributed by atoms with E-state index in [2.05, 4.69) is 15.3 Å². The van der Waals surface area contributed by atoms with Gasteiger partial charge in [0.05, 0.1) is 19.7 Å². The summed E-state index contributed by atoms with van der Waals surface area (Å²) < 4.78 is 6.32. The van der Waals surface area contributed by atoms with E-state index in [1.807, 2.05) is 12.1 Å².